The van der Waals surface area contributed by atoms with Gasteiger partial charge < -0.3 is 14.8 Å². The number of benzene rings is 2. The van der Waals surface area contributed by atoms with Gasteiger partial charge in [-0.3, -0.25) is 0 Å². The number of anilines is 1. The molecule has 3 heteroatoms. The Balaban J connectivity index is 1.88. The molecule has 2 aromatic carbocycles. The van der Waals surface area contributed by atoms with Gasteiger partial charge in [-0.05, 0) is 44.0 Å². The lowest BCUT2D eigenvalue weighted by Gasteiger charge is -2.18. The molecule has 1 unspecified atom stereocenters. The Kier molecular flexibility index (Phi) is 6.33. The Labute approximate surface area is 139 Å². The molecule has 0 aliphatic rings. The highest BCUT2D eigenvalue weighted by atomic mass is 16.5. The quantitative estimate of drug-likeness (QED) is 0.751. The normalized spacial score (nSPS) is 12.0. The van der Waals surface area contributed by atoms with Crippen LogP contribution in [0.1, 0.15) is 26.3 Å². The molecular formula is C20H27NO2. The van der Waals surface area contributed by atoms with E-state index >= 15 is 0 Å². The Morgan fingerprint density at radius 1 is 0.957 bits per heavy atom. The molecule has 0 bridgehead atoms. The third-order valence-electron chi connectivity index (χ3n) is 3.40. The predicted molar refractivity (Wildman–Crippen MR) is 96.5 cm³/mol. The molecule has 0 aliphatic carbocycles. The zero-order valence-corrected chi connectivity index (χ0v) is 14.5. The van der Waals surface area contributed by atoms with E-state index < -0.39 is 0 Å². The first-order valence-electron chi connectivity index (χ1n) is 8.23. The van der Waals surface area contributed by atoms with E-state index in [0.717, 1.165) is 23.7 Å². The van der Waals surface area contributed by atoms with Crippen molar-refractivity contribution in [1.82, 2.24) is 0 Å². The summed E-state index contributed by atoms with van der Waals surface area (Å²) in [6, 6.07) is 16.2. The van der Waals surface area contributed by atoms with Crippen LogP contribution in [0.5, 0.6) is 11.5 Å². The summed E-state index contributed by atoms with van der Waals surface area (Å²) in [4.78, 5) is 0. The summed E-state index contributed by atoms with van der Waals surface area (Å²) < 4.78 is 11.8. The molecule has 2 aromatic rings. The zero-order valence-electron chi connectivity index (χ0n) is 14.5. The van der Waals surface area contributed by atoms with Crippen molar-refractivity contribution in [2.24, 2.45) is 5.92 Å². The number of hydrogen-bond acceptors (Lipinski definition) is 3. The number of hydrogen-bond donors (Lipinski definition) is 1. The van der Waals surface area contributed by atoms with E-state index in [4.69, 9.17) is 9.47 Å². The fourth-order valence-corrected chi connectivity index (χ4v) is 2.14. The molecule has 1 atom stereocenters. The summed E-state index contributed by atoms with van der Waals surface area (Å²) in [7, 11) is 0. The van der Waals surface area contributed by atoms with Gasteiger partial charge in [-0.2, -0.15) is 0 Å². The highest BCUT2D eigenvalue weighted by molar-refractivity contribution is 5.56. The maximum Gasteiger partial charge on any atom is 0.142 e. The molecule has 0 spiro atoms. The lowest BCUT2D eigenvalue weighted by molar-refractivity contribution is 0.234. The van der Waals surface area contributed by atoms with Crippen LogP contribution in [0, 0.1) is 12.8 Å². The average molecular weight is 313 g/mol. The van der Waals surface area contributed by atoms with Gasteiger partial charge in [0, 0.05) is 0 Å². The summed E-state index contributed by atoms with van der Waals surface area (Å²) in [5.41, 5.74) is 2.24. The summed E-state index contributed by atoms with van der Waals surface area (Å²) in [5, 5.41) is 3.42. The minimum atomic E-state index is 0.0656. The van der Waals surface area contributed by atoms with E-state index in [1.807, 2.05) is 36.4 Å². The van der Waals surface area contributed by atoms with Crippen molar-refractivity contribution >= 4 is 5.69 Å². The van der Waals surface area contributed by atoms with Crippen molar-refractivity contribution in [3.63, 3.8) is 0 Å². The maximum absolute atomic E-state index is 5.93. The lowest BCUT2D eigenvalue weighted by Crippen LogP contribution is -2.23. The highest BCUT2D eigenvalue weighted by Gasteiger charge is 2.07. The van der Waals surface area contributed by atoms with E-state index in [1.54, 1.807) is 0 Å². The van der Waals surface area contributed by atoms with Crippen molar-refractivity contribution in [3.05, 3.63) is 54.1 Å². The molecule has 0 fully saturated rings. The largest absolute Gasteiger partial charge is 0.491 e. The highest BCUT2D eigenvalue weighted by Crippen LogP contribution is 2.24. The number of nitrogens with one attached hydrogen (secondary N) is 1. The van der Waals surface area contributed by atoms with Crippen LogP contribution in [-0.2, 0) is 0 Å². The van der Waals surface area contributed by atoms with Crippen LogP contribution >= 0.6 is 0 Å². The number of rotatable bonds is 8. The monoisotopic (exact) mass is 313 g/mol. The van der Waals surface area contributed by atoms with E-state index in [9.17, 15) is 0 Å². The second-order valence-corrected chi connectivity index (χ2v) is 6.32. The molecule has 1 N–H and O–H groups in total. The molecular weight excluding hydrogens is 286 g/mol. The molecule has 0 radical (unpaired) electrons. The lowest BCUT2D eigenvalue weighted by atomic mass is 10.2. The van der Waals surface area contributed by atoms with Gasteiger partial charge in [0.05, 0.1) is 18.8 Å². The second kappa shape index (κ2) is 8.47. The molecule has 2 rings (SSSR count). The smallest absolute Gasteiger partial charge is 0.142 e. The SMILES string of the molecule is Cc1ccc(OC(C)CNc2ccccc2OCC(C)C)cc1. The number of para-hydroxylation sites is 2. The van der Waals surface area contributed by atoms with Crippen molar-refractivity contribution in [3.8, 4) is 11.5 Å². The topological polar surface area (TPSA) is 30.5 Å². The van der Waals surface area contributed by atoms with Gasteiger partial charge in [0.2, 0.25) is 0 Å². The minimum Gasteiger partial charge on any atom is -0.491 e. The van der Waals surface area contributed by atoms with Crippen LogP contribution < -0.4 is 14.8 Å². The van der Waals surface area contributed by atoms with Crippen LogP contribution in [0.4, 0.5) is 5.69 Å². The van der Waals surface area contributed by atoms with Crippen LogP contribution in [0.2, 0.25) is 0 Å². The Bertz CT molecular complexity index is 593. The molecule has 0 saturated heterocycles. The van der Waals surface area contributed by atoms with Gasteiger partial charge in [0.15, 0.2) is 0 Å². The fraction of sp³-hybridized carbons (Fsp3) is 0.400. The van der Waals surface area contributed by atoms with E-state index in [0.29, 0.717) is 12.5 Å². The van der Waals surface area contributed by atoms with Gasteiger partial charge in [0.1, 0.15) is 17.6 Å². The fourth-order valence-electron chi connectivity index (χ4n) is 2.14. The van der Waals surface area contributed by atoms with Crippen LogP contribution in [0.15, 0.2) is 48.5 Å². The molecule has 0 heterocycles. The molecule has 0 aromatic heterocycles. The van der Waals surface area contributed by atoms with Gasteiger partial charge in [-0.1, -0.05) is 43.7 Å². The molecule has 0 amide bonds. The maximum atomic E-state index is 5.93. The summed E-state index contributed by atoms with van der Waals surface area (Å²) in [6.45, 7) is 9.86. The van der Waals surface area contributed by atoms with Crippen LogP contribution in [0.3, 0.4) is 0 Å². The first kappa shape index (κ1) is 17.2. The summed E-state index contributed by atoms with van der Waals surface area (Å²) in [6.07, 6.45) is 0.0656. The molecule has 0 saturated carbocycles. The van der Waals surface area contributed by atoms with Crippen LogP contribution in [-0.4, -0.2) is 19.3 Å². The molecule has 23 heavy (non-hydrogen) atoms. The van der Waals surface area contributed by atoms with Gasteiger partial charge >= 0.3 is 0 Å². The van der Waals surface area contributed by atoms with E-state index in [1.165, 1.54) is 5.56 Å². The van der Waals surface area contributed by atoms with Crippen LogP contribution in [0.25, 0.3) is 0 Å². The van der Waals surface area contributed by atoms with Crippen molar-refractivity contribution in [2.45, 2.75) is 33.8 Å². The second-order valence-electron chi connectivity index (χ2n) is 6.32. The standard InChI is InChI=1S/C20H27NO2/c1-15(2)14-22-20-8-6-5-7-19(20)21-13-17(4)23-18-11-9-16(3)10-12-18/h5-12,15,17,21H,13-14H2,1-4H3. The molecule has 0 aliphatic heterocycles. The minimum absolute atomic E-state index is 0.0656. The van der Waals surface area contributed by atoms with Gasteiger partial charge in [-0.25, -0.2) is 0 Å². The van der Waals surface area contributed by atoms with Crippen molar-refractivity contribution in [1.29, 1.82) is 0 Å². The Morgan fingerprint density at radius 3 is 2.35 bits per heavy atom. The third kappa shape index (κ3) is 5.85. The van der Waals surface area contributed by atoms with Crippen molar-refractivity contribution < 1.29 is 9.47 Å². The molecule has 3 nitrogen and oxygen atoms in total. The summed E-state index contributed by atoms with van der Waals surface area (Å²) >= 11 is 0. The first-order chi connectivity index (χ1) is 11.0. The average Bonchev–Trinajstić information content (AvgIpc) is 2.54. The Morgan fingerprint density at radius 2 is 1.65 bits per heavy atom. The first-order valence-corrected chi connectivity index (χ1v) is 8.23. The number of ether oxygens (including phenoxy) is 2. The summed E-state index contributed by atoms with van der Waals surface area (Å²) in [5.74, 6) is 2.30. The third-order valence-corrected chi connectivity index (χ3v) is 3.40. The van der Waals surface area contributed by atoms with E-state index in [2.05, 4.69) is 45.1 Å². The number of aryl methyl sites for hydroxylation is 1. The Hall–Kier alpha value is -2.16. The van der Waals surface area contributed by atoms with E-state index in [-0.39, 0.29) is 6.10 Å². The van der Waals surface area contributed by atoms with Gasteiger partial charge in [-0.15, -0.1) is 0 Å². The van der Waals surface area contributed by atoms with Crippen molar-refractivity contribution in [2.75, 3.05) is 18.5 Å². The zero-order chi connectivity index (χ0) is 16.7. The van der Waals surface area contributed by atoms with Gasteiger partial charge in [0.25, 0.3) is 0 Å². The predicted octanol–water partition coefficient (Wildman–Crippen LogP) is 4.91. The molecule has 124 valence electrons.